The van der Waals surface area contributed by atoms with Crippen LogP contribution in [0.25, 0.3) is 11.2 Å². The summed E-state index contributed by atoms with van der Waals surface area (Å²) in [6.45, 7) is 8.58. The third kappa shape index (κ3) is 5.29. The Kier molecular flexibility index (Phi) is 7.83. The monoisotopic (exact) mass is 565 g/mol. The van der Waals surface area contributed by atoms with Gasteiger partial charge in [-0.15, -0.1) is 15.9 Å². The molecule has 0 fully saturated rings. The maximum atomic E-state index is 12.8. The molecule has 1 aliphatic heterocycles. The first-order valence-corrected chi connectivity index (χ1v) is 14.8. The highest BCUT2D eigenvalue weighted by molar-refractivity contribution is 8.22. The van der Waals surface area contributed by atoms with Crippen LogP contribution in [0.1, 0.15) is 54.0 Å². The fraction of sp³-hybridized carbons (Fsp3) is 0.379. The van der Waals surface area contributed by atoms with Crippen molar-refractivity contribution in [1.82, 2.24) is 24.3 Å². The second-order valence-corrected chi connectivity index (χ2v) is 12.2. The summed E-state index contributed by atoms with van der Waals surface area (Å²) in [4.78, 5) is 17.7. The third-order valence-electron chi connectivity index (χ3n) is 7.38. The lowest BCUT2D eigenvalue weighted by Gasteiger charge is -2.42. The number of carbonyl (C=O) groups is 1. The van der Waals surface area contributed by atoms with Crippen molar-refractivity contribution in [3.8, 4) is 5.75 Å². The zero-order chi connectivity index (χ0) is 28.6. The molecule has 1 aliphatic rings. The number of nitrogens with zero attached hydrogens (tertiary/aromatic N) is 5. The van der Waals surface area contributed by atoms with Crippen molar-refractivity contribution in [1.29, 1.82) is 0 Å². The highest BCUT2D eigenvalue weighted by atomic mass is 32.3. The molecule has 2 atom stereocenters. The van der Waals surface area contributed by atoms with Crippen molar-refractivity contribution >= 4 is 27.9 Å². The largest absolute Gasteiger partial charge is 0.487 e. The molecule has 0 bridgehead atoms. The number of ether oxygens (including phenoxy) is 2. The average molecular weight is 566 g/mol. The van der Waals surface area contributed by atoms with Gasteiger partial charge in [-0.05, 0) is 67.6 Å². The predicted molar refractivity (Wildman–Crippen MR) is 153 cm³/mol. The van der Waals surface area contributed by atoms with Gasteiger partial charge in [0.05, 0.1) is 19.6 Å². The summed E-state index contributed by atoms with van der Waals surface area (Å²) in [5.74, 6) is -0.165. The first-order valence-electron chi connectivity index (χ1n) is 13.3. The molecule has 212 valence electrons. The summed E-state index contributed by atoms with van der Waals surface area (Å²) in [6.07, 6.45) is 1.66. The molecule has 2 N–H and O–H groups in total. The highest BCUT2D eigenvalue weighted by Crippen LogP contribution is 2.57. The molecular formula is C29H35N5O5S. The first kappa shape index (κ1) is 28.0. The number of benzene rings is 2. The van der Waals surface area contributed by atoms with E-state index in [-0.39, 0.29) is 31.0 Å². The minimum Gasteiger partial charge on any atom is -0.487 e. The fourth-order valence-electron chi connectivity index (χ4n) is 5.23. The molecule has 0 saturated heterocycles. The predicted octanol–water partition coefficient (Wildman–Crippen LogP) is 5.37. The average Bonchev–Trinajstić information content (AvgIpc) is 3.26. The van der Waals surface area contributed by atoms with Crippen LogP contribution in [-0.4, -0.2) is 58.6 Å². The van der Waals surface area contributed by atoms with Crippen LogP contribution in [0.15, 0.2) is 53.6 Å². The van der Waals surface area contributed by atoms with E-state index in [4.69, 9.17) is 9.47 Å². The van der Waals surface area contributed by atoms with E-state index in [0.717, 1.165) is 27.8 Å². The van der Waals surface area contributed by atoms with Gasteiger partial charge < -0.3 is 9.47 Å². The Labute approximate surface area is 235 Å². The van der Waals surface area contributed by atoms with Crippen molar-refractivity contribution in [2.24, 2.45) is 7.05 Å². The highest BCUT2D eigenvalue weighted by Gasteiger charge is 2.34. The van der Waals surface area contributed by atoms with E-state index >= 15 is 0 Å². The molecule has 3 heterocycles. The Bertz CT molecular complexity index is 1560. The SMILES string of the molecule is CCOC(=O)CC(c1ccc(C)c(CN2CC(C)Oc3ccccc3S2(O)O)c1)c1cnc2c(nnn2C)c1C. The molecule has 2 aromatic carbocycles. The first-order chi connectivity index (χ1) is 19.1. The maximum Gasteiger partial charge on any atom is 0.306 e. The Balaban J connectivity index is 1.55. The van der Waals surface area contributed by atoms with E-state index in [0.29, 0.717) is 35.0 Å². The molecule has 40 heavy (non-hydrogen) atoms. The quantitative estimate of drug-likeness (QED) is 0.285. The molecule has 4 aromatic rings. The van der Waals surface area contributed by atoms with E-state index < -0.39 is 10.8 Å². The van der Waals surface area contributed by atoms with Crippen molar-refractivity contribution in [2.75, 3.05) is 13.2 Å². The Morgan fingerprint density at radius 2 is 2.00 bits per heavy atom. The fourth-order valence-corrected chi connectivity index (χ4v) is 6.89. The summed E-state index contributed by atoms with van der Waals surface area (Å²) in [7, 11) is -1.51. The van der Waals surface area contributed by atoms with Gasteiger partial charge in [0, 0.05) is 25.7 Å². The number of aryl methyl sites for hydroxylation is 3. The number of esters is 1. The van der Waals surface area contributed by atoms with Crippen LogP contribution in [0.3, 0.4) is 0 Å². The summed E-state index contributed by atoms with van der Waals surface area (Å²) < 4.78 is 37.5. The van der Waals surface area contributed by atoms with E-state index in [9.17, 15) is 13.9 Å². The van der Waals surface area contributed by atoms with Gasteiger partial charge in [0.25, 0.3) is 0 Å². The molecule has 0 aliphatic carbocycles. The lowest BCUT2D eigenvalue weighted by Crippen LogP contribution is -2.33. The van der Waals surface area contributed by atoms with Crippen LogP contribution in [0.4, 0.5) is 0 Å². The van der Waals surface area contributed by atoms with Crippen LogP contribution in [0.2, 0.25) is 0 Å². The second-order valence-electron chi connectivity index (χ2n) is 10.2. The van der Waals surface area contributed by atoms with E-state index in [1.54, 1.807) is 47.4 Å². The lowest BCUT2D eigenvalue weighted by molar-refractivity contribution is -0.143. The zero-order valence-electron chi connectivity index (χ0n) is 23.4. The number of hydrogen-bond donors (Lipinski definition) is 2. The van der Waals surface area contributed by atoms with Crippen LogP contribution in [-0.2, 0) is 23.1 Å². The van der Waals surface area contributed by atoms with E-state index in [1.165, 1.54) is 0 Å². The molecule has 11 heteroatoms. The standard InChI is InChI=1S/C29H35N5O5S/c1-6-38-27(35)14-23(24-15-30-29-28(20(24)4)31-32-33(29)5)21-12-11-18(2)22(13-21)17-34-16-19(3)39-25-9-7-8-10-26(25)40(34,36)37/h7-13,15,19,23,36-37H,6,14,16-17H2,1-5H3. The molecule has 2 aromatic heterocycles. The molecule has 0 amide bonds. The normalized spacial score (nSPS) is 18.4. The summed E-state index contributed by atoms with van der Waals surface area (Å²) in [5, 5.41) is 8.40. The van der Waals surface area contributed by atoms with Crippen molar-refractivity contribution in [2.45, 2.75) is 57.6 Å². The number of carbonyl (C=O) groups excluding carboxylic acids is 1. The molecule has 10 nitrogen and oxygen atoms in total. The van der Waals surface area contributed by atoms with Gasteiger partial charge in [-0.25, -0.2) is 9.67 Å². The van der Waals surface area contributed by atoms with E-state index in [1.807, 2.05) is 45.0 Å². The third-order valence-corrected chi connectivity index (χ3v) is 9.30. The van der Waals surface area contributed by atoms with Gasteiger partial charge in [0.2, 0.25) is 0 Å². The van der Waals surface area contributed by atoms with Gasteiger partial charge in [0.1, 0.15) is 22.3 Å². The van der Waals surface area contributed by atoms with Crippen LogP contribution >= 0.6 is 10.8 Å². The number of pyridine rings is 1. The Morgan fingerprint density at radius 1 is 1.23 bits per heavy atom. The van der Waals surface area contributed by atoms with Crippen LogP contribution in [0.5, 0.6) is 5.75 Å². The molecule has 0 saturated carbocycles. The Morgan fingerprint density at radius 3 is 2.77 bits per heavy atom. The molecular weight excluding hydrogens is 530 g/mol. The number of hydrogen-bond acceptors (Lipinski definition) is 9. The van der Waals surface area contributed by atoms with Crippen molar-refractivity contribution in [3.63, 3.8) is 0 Å². The Hall–Kier alpha value is -3.51. The minimum absolute atomic E-state index is 0.127. The van der Waals surface area contributed by atoms with Crippen molar-refractivity contribution in [3.05, 3.63) is 76.5 Å². The number of aromatic nitrogens is 4. The van der Waals surface area contributed by atoms with E-state index in [2.05, 4.69) is 15.3 Å². The van der Waals surface area contributed by atoms with Gasteiger partial charge in [-0.2, -0.15) is 4.31 Å². The summed E-state index contributed by atoms with van der Waals surface area (Å²) in [6, 6.07) is 13.1. The molecule has 0 spiro atoms. The zero-order valence-corrected chi connectivity index (χ0v) is 24.2. The van der Waals surface area contributed by atoms with Crippen LogP contribution < -0.4 is 4.74 Å². The number of para-hydroxylation sites is 1. The number of fused-ring (bicyclic) bond motifs is 2. The van der Waals surface area contributed by atoms with Gasteiger partial charge >= 0.3 is 5.97 Å². The van der Waals surface area contributed by atoms with Gasteiger partial charge in [0.15, 0.2) is 5.65 Å². The second kappa shape index (κ2) is 11.2. The lowest BCUT2D eigenvalue weighted by atomic mass is 9.85. The minimum atomic E-state index is -3.30. The molecule has 0 radical (unpaired) electrons. The maximum absolute atomic E-state index is 12.8. The number of rotatable bonds is 7. The van der Waals surface area contributed by atoms with Gasteiger partial charge in [-0.3, -0.25) is 13.9 Å². The summed E-state index contributed by atoms with van der Waals surface area (Å²) >= 11 is 0. The molecule has 2 unspecified atom stereocenters. The van der Waals surface area contributed by atoms with Gasteiger partial charge in [-0.1, -0.05) is 35.5 Å². The smallest absolute Gasteiger partial charge is 0.306 e. The molecule has 5 rings (SSSR count). The van der Waals surface area contributed by atoms with Crippen LogP contribution in [0, 0.1) is 13.8 Å². The van der Waals surface area contributed by atoms with Crippen molar-refractivity contribution < 1.29 is 23.4 Å². The topological polar surface area (TPSA) is 123 Å². The summed E-state index contributed by atoms with van der Waals surface area (Å²) in [5.41, 5.74) is 5.95.